The smallest absolute Gasteiger partial charge is 0.338 e. The minimum absolute atomic E-state index is 0.00609. The highest BCUT2D eigenvalue weighted by atomic mass is 16.6. The lowest BCUT2D eigenvalue weighted by atomic mass is 10.1. The third-order valence-electron chi connectivity index (χ3n) is 3.59. The monoisotopic (exact) mass is 358 g/mol. The lowest BCUT2D eigenvalue weighted by Gasteiger charge is -2.12. The Morgan fingerprint density at radius 2 is 1.85 bits per heavy atom. The number of nitrogen functional groups attached to an aromatic ring is 1. The van der Waals surface area contributed by atoms with Crippen molar-refractivity contribution in [2.24, 2.45) is 0 Å². The van der Waals surface area contributed by atoms with Gasteiger partial charge < -0.3 is 15.2 Å². The predicted octanol–water partition coefficient (Wildman–Crippen LogP) is 3.14. The number of esters is 1. The Morgan fingerprint density at radius 3 is 2.46 bits per heavy atom. The van der Waals surface area contributed by atoms with Crippen LogP contribution in [0.1, 0.15) is 40.1 Å². The Bertz CT molecular complexity index is 863. The van der Waals surface area contributed by atoms with E-state index in [1.54, 1.807) is 18.2 Å². The van der Waals surface area contributed by atoms with Gasteiger partial charge in [0.15, 0.2) is 5.78 Å². The molecule has 0 spiro atoms. The SMILES string of the molecule is CCOc1ccc(C(C)=O)cc1COC(=O)c1ccc(N)c([N+](=O)[O-])c1. The van der Waals surface area contributed by atoms with Crippen molar-refractivity contribution in [3.8, 4) is 5.75 Å². The van der Waals surface area contributed by atoms with Crippen molar-refractivity contribution < 1.29 is 24.0 Å². The molecule has 0 aliphatic carbocycles. The summed E-state index contributed by atoms with van der Waals surface area (Å²) in [6, 6.07) is 8.54. The molecular formula is C18H18N2O6. The van der Waals surface area contributed by atoms with Gasteiger partial charge >= 0.3 is 5.97 Å². The molecule has 0 bridgehead atoms. The third-order valence-corrected chi connectivity index (χ3v) is 3.59. The van der Waals surface area contributed by atoms with E-state index in [4.69, 9.17) is 15.2 Å². The first-order valence-electron chi connectivity index (χ1n) is 7.81. The maximum atomic E-state index is 12.2. The van der Waals surface area contributed by atoms with Crippen LogP contribution >= 0.6 is 0 Å². The van der Waals surface area contributed by atoms with Gasteiger partial charge in [-0.2, -0.15) is 0 Å². The number of anilines is 1. The first kappa shape index (κ1) is 18.9. The van der Waals surface area contributed by atoms with Gasteiger partial charge in [-0.05, 0) is 44.2 Å². The normalized spacial score (nSPS) is 10.2. The molecule has 0 fully saturated rings. The Labute approximate surface area is 149 Å². The summed E-state index contributed by atoms with van der Waals surface area (Å²) in [5.74, 6) is -0.382. The summed E-state index contributed by atoms with van der Waals surface area (Å²) >= 11 is 0. The minimum Gasteiger partial charge on any atom is -0.493 e. The average molecular weight is 358 g/mol. The van der Waals surface area contributed by atoms with Crippen molar-refractivity contribution in [1.82, 2.24) is 0 Å². The molecule has 8 nitrogen and oxygen atoms in total. The summed E-state index contributed by atoms with van der Waals surface area (Å²) in [4.78, 5) is 34.0. The van der Waals surface area contributed by atoms with E-state index in [0.717, 1.165) is 6.07 Å². The number of nitrogens with two attached hydrogens (primary N) is 1. The number of carbonyl (C=O) groups excluding carboxylic acids is 2. The summed E-state index contributed by atoms with van der Waals surface area (Å²) in [7, 11) is 0. The first-order chi connectivity index (χ1) is 12.3. The van der Waals surface area contributed by atoms with E-state index in [1.165, 1.54) is 19.1 Å². The molecule has 0 unspecified atom stereocenters. The van der Waals surface area contributed by atoms with Crippen LogP contribution in [0.5, 0.6) is 5.75 Å². The van der Waals surface area contributed by atoms with Crippen LogP contribution in [0.15, 0.2) is 36.4 Å². The second-order valence-corrected chi connectivity index (χ2v) is 5.42. The van der Waals surface area contributed by atoms with Crippen molar-refractivity contribution in [3.63, 3.8) is 0 Å². The third kappa shape index (κ3) is 4.35. The fourth-order valence-electron chi connectivity index (χ4n) is 2.26. The molecule has 0 aliphatic heterocycles. The number of ketones is 1. The molecule has 2 rings (SSSR count). The molecule has 136 valence electrons. The summed E-state index contributed by atoms with van der Waals surface area (Å²) < 4.78 is 10.7. The van der Waals surface area contributed by atoms with Gasteiger partial charge in [0.25, 0.3) is 5.69 Å². The Morgan fingerprint density at radius 1 is 1.15 bits per heavy atom. The van der Waals surface area contributed by atoms with E-state index in [0.29, 0.717) is 23.5 Å². The second kappa shape index (κ2) is 8.11. The molecule has 0 aromatic heterocycles. The van der Waals surface area contributed by atoms with Gasteiger partial charge in [0.1, 0.15) is 18.0 Å². The largest absolute Gasteiger partial charge is 0.493 e. The Balaban J connectivity index is 2.21. The molecule has 8 heteroatoms. The fraction of sp³-hybridized carbons (Fsp3) is 0.222. The molecular weight excluding hydrogens is 340 g/mol. The predicted molar refractivity (Wildman–Crippen MR) is 94.2 cm³/mol. The number of Topliss-reactive ketones (excluding diaryl/α,β-unsaturated/α-hetero) is 1. The number of hydrogen-bond donors (Lipinski definition) is 1. The van der Waals surface area contributed by atoms with Crippen LogP contribution in [0.4, 0.5) is 11.4 Å². The van der Waals surface area contributed by atoms with Crippen LogP contribution < -0.4 is 10.5 Å². The summed E-state index contributed by atoms with van der Waals surface area (Å²) in [6.07, 6.45) is 0. The number of nitro groups is 1. The van der Waals surface area contributed by atoms with Crippen LogP contribution in [-0.4, -0.2) is 23.3 Å². The van der Waals surface area contributed by atoms with Crippen LogP contribution in [-0.2, 0) is 11.3 Å². The Kier molecular flexibility index (Phi) is 5.90. The number of carbonyl (C=O) groups is 2. The lowest BCUT2D eigenvalue weighted by molar-refractivity contribution is -0.383. The highest BCUT2D eigenvalue weighted by molar-refractivity contribution is 5.94. The van der Waals surface area contributed by atoms with E-state index < -0.39 is 10.9 Å². The quantitative estimate of drug-likeness (QED) is 0.265. The zero-order chi connectivity index (χ0) is 19.3. The van der Waals surface area contributed by atoms with E-state index in [2.05, 4.69) is 0 Å². The maximum Gasteiger partial charge on any atom is 0.338 e. The summed E-state index contributed by atoms with van der Waals surface area (Å²) in [6.45, 7) is 3.50. The van der Waals surface area contributed by atoms with Gasteiger partial charge in [-0.1, -0.05) is 0 Å². The Hall–Kier alpha value is -3.42. The van der Waals surface area contributed by atoms with Gasteiger partial charge in [0.2, 0.25) is 0 Å². The first-order valence-corrected chi connectivity index (χ1v) is 7.81. The molecule has 0 saturated carbocycles. The summed E-state index contributed by atoms with van der Waals surface area (Å²) in [5.41, 5.74) is 6.09. The van der Waals surface area contributed by atoms with E-state index >= 15 is 0 Å². The molecule has 2 aromatic rings. The van der Waals surface area contributed by atoms with Gasteiger partial charge in [0, 0.05) is 17.2 Å². The fourth-order valence-corrected chi connectivity index (χ4v) is 2.26. The number of ether oxygens (including phenoxy) is 2. The number of nitrogens with zero attached hydrogens (tertiary/aromatic N) is 1. The molecule has 2 aromatic carbocycles. The number of rotatable bonds is 7. The van der Waals surface area contributed by atoms with Crippen molar-refractivity contribution in [1.29, 1.82) is 0 Å². The standard InChI is InChI=1S/C18H18N2O6/c1-3-25-17-7-5-12(11(2)21)8-14(17)10-26-18(22)13-4-6-15(19)16(9-13)20(23)24/h4-9H,3,10,19H2,1-2H3. The van der Waals surface area contributed by atoms with Crippen LogP contribution in [0.2, 0.25) is 0 Å². The second-order valence-electron chi connectivity index (χ2n) is 5.42. The summed E-state index contributed by atoms with van der Waals surface area (Å²) in [5, 5.41) is 10.9. The van der Waals surface area contributed by atoms with Crippen molar-refractivity contribution in [2.45, 2.75) is 20.5 Å². The lowest BCUT2D eigenvalue weighted by Crippen LogP contribution is -2.08. The van der Waals surface area contributed by atoms with E-state index in [1.807, 2.05) is 6.92 Å². The molecule has 0 aliphatic rings. The number of hydrogen-bond acceptors (Lipinski definition) is 7. The molecule has 2 N–H and O–H groups in total. The van der Waals surface area contributed by atoms with Crippen molar-refractivity contribution in [2.75, 3.05) is 12.3 Å². The highest BCUT2D eigenvalue weighted by Crippen LogP contribution is 2.25. The van der Waals surface area contributed by atoms with Crippen LogP contribution in [0, 0.1) is 10.1 Å². The molecule has 0 radical (unpaired) electrons. The van der Waals surface area contributed by atoms with Crippen LogP contribution in [0.25, 0.3) is 0 Å². The minimum atomic E-state index is -0.747. The van der Waals surface area contributed by atoms with Crippen LogP contribution in [0.3, 0.4) is 0 Å². The van der Waals surface area contributed by atoms with Crippen molar-refractivity contribution in [3.05, 3.63) is 63.2 Å². The van der Waals surface area contributed by atoms with Gasteiger partial charge in [0.05, 0.1) is 17.1 Å². The van der Waals surface area contributed by atoms with Gasteiger partial charge in [-0.3, -0.25) is 14.9 Å². The zero-order valence-electron chi connectivity index (χ0n) is 14.4. The molecule has 0 heterocycles. The van der Waals surface area contributed by atoms with Crippen molar-refractivity contribution >= 4 is 23.1 Å². The zero-order valence-corrected chi connectivity index (χ0v) is 14.4. The number of nitro benzene ring substituents is 1. The molecule has 0 amide bonds. The van der Waals surface area contributed by atoms with Gasteiger partial charge in [-0.15, -0.1) is 0 Å². The van der Waals surface area contributed by atoms with E-state index in [-0.39, 0.29) is 29.3 Å². The number of benzene rings is 2. The molecule has 0 atom stereocenters. The van der Waals surface area contributed by atoms with E-state index in [9.17, 15) is 19.7 Å². The van der Waals surface area contributed by atoms with Gasteiger partial charge in [-0.25, -0.2) is 4.79 Å². The average Bonchev–Trinajstić information content (AvgIpc) is 2.60. The topological polar surface area (TPSA) is 122 Å². The highest BCUT2D eigenvalue weighted by Gasteiger charge is 2.17. The molecule has 0 saturated heterocycles. The molecule has 26 heavy (non-hydrogen) atoms. The maximum absolute atomic E-state index is 12.2.